The summed E-state index contributed by atoms with van der Waals surface area (Å²) in [5.41, 5.74) is 3.76. The number of nitrogens with one attached hydrogen (secondary N) is 2. The highest BCUT2D eigenvalue weighted by Crippen LogP contribution is 2.38. The number of nitrogens with zero attached hydrogens (tertiary/aromatic N) is 1. The molecule has 7 nitrogen and oxygen atoms in total. The van der Waals surface area contributed by atoms with Crippen LogP contribution in [0.5, 0.6) is 0 Å². The van der Waals surface area contributed by atoms with Crippen LogP contribution in [0.3, 0.4) is 0 Å². The molecule has 0 unspecified atom stereocenters. The fraction of sp³-hybridized carbons (Fsp3) is 0.231. The standard InChI is InChI=1S/C26H27N3O4S/c1-17-13-18(2)25(19(3)14-17)34(32,33)29-22-12-8-7-11-21(22)28-26(31)23(29)15-24(30)27-16-20-9-5-4-6-10-20/h4-14,23H,15-16H2,1-3H3,(H,27,30)(H,28,31)/t23-/m0/s1. The maximum atomic E-state index is 14.0. The molecule has 1 aliphatic heterocycles. The molecule has 3 aromatic carbocycles. The Hall–Kier alpha value is -3.65. The van der Waals surface area contributed by atoms with Gasteiger partial charge in [0.1, 0.15) is 6.04 Å². The molecule has 176 valence electrons. The summed E-state index contributed by atoms with van der Waals surface area (Å²) in [6.45, 7) is 5.67. The lowest BCUT2D eigenvalue weighted by molar-refractivity contribution is -0.125. The number of rotatable bonds is 6. The molecule has 1 atom stereocenters. The number of hydrogen-bond acceptors (Lipinski definition) is 4. The number of fused-ring (bicyclic) bond motifs is 1. The van der Waals surface area contributed by atoms with Crippen molar-refractivity contribution in [2.24, 2.45) is 0 Å². The van der Waals surface area contributed by atoms with Gasteiger partial charge in [0.05, 0.1) is 22.7 Å². The Morgan fingerprint density at radius 3 is 2.26 bits per heavy atom. The van der Waals surface area contributed by atoms with Gasteiger partial charge in [-0.1, -0.05) is 60.2 Å². The Balaban J connectivity index is 1.72. The summed E-state index contributed by atoms with van der Waals surface area (Å²) in [4.78, 5) is 26.0. The van der Waals surface area contributed by atoms with Crippen molar-refractivity contribution in [2.45, 2.75) is 44.7 Å². The van der Waals surface area contributed by atoms with Gasteiger partial charge in [-0.3, -0.25) is 13.9 Å². The van der Waals surface area contributed by atoms with Gasteiger partial charge in [0.15, 0.2) is 0 Å². The van der Waals surface area contributed by atoms with Crippen molar-refractivity contribution in [1.29, 1.82) is 0 Å². The maximum Gasteiger partial charge on any atom is 0.265 e. The normalized spacial score (nSPS) is 15.4. The number of hydrogen-bond donors (Lipinski definition) is 2. The minimum atomic E-state index is -4.16. The average molecular weight is 478 g/mol. The SMILES string of the molecule is Cc1cc(C)c(S(=O)(=O)N2c3ccccc3NC(=O)[C@@H]2CC(=O)NCc2ccccc2)c(C)c1. The molecule has 0 saturated carbocycles. The summed E-state index contributed by atoms with van der Waals surface area (Å²) in [6.07, 6.45) is -0.309. The summed E-state index contributed by atoms with van der Waals surface area (Å²) in [5.74, 6) is -0.958. The fourth-order valence-electron chi connectivity index (χ4n) is 4.45. The fourth-order valence-corrected chi connectivity index (χ4v) is 6.50. The minimum Gasteiger partial charge on any atom is -0.352 e. The lowest BCUT2D eigenvalue weighted by atomic mass is 10.1. The predicted octanol–water partition coefficient (Wildman–Crippen LogP) is 3.83. The molecular weight excluding hydrogens is 450 g/mol. The quantitative estimate of drug-likeness (QED) is 0.564. The molecule has 2 amide bonds. The number of carbonyl (C=O) groups is 2. The molecule has 0 saturated heterocycles. The third-order valence-corrected chi connectivity index (χ3v) is 7.95. The van der Waals surface area contributed by atoms with Crippen LogP contribution in [0, 0.1) is 20.8 Å². The zero-order chi connectivity index (χ0) is 24.5. The molecule has 4 rings (SSSR count). The van der Waals surface area contributed by atoms with Gasteiger partial charge in [0.2, 0.25) is 11.8 Å². The molecule has 0 spiro atoms. The Kier molecular flexibility index (Phi) is 6.43. The van der Waals surface area contributed by atoms with E-state index in [2.05, 4.69) is 10.6 Å². The first-order chi connectivity index (χ1) is 16.2. The van der Waals surface area contributed by atoms with E-state index in [-0.39, 0.29) is 17.9 Å². The number of sulfonamides is 1. The van der Waals surface area contributed by atoms with E-state index in [9.17, 15) is 18.0 Å². The molecule has 1 aliphatic rings. The van der Waals surface area contributed by atoms with E-state index in [0.717, 1.165) is 15.4 Å². The second-order valence-electron chi connectivity index (χ2n) is 8.52. The van der Waals surface area contributed by atoms with Crippen LogP contribution < -0.4 is 14.9 Å². The molecule has 0 bridgehead atoms. The zero-order valence-corrected chi connectivity index (χ0v) is 20.1. The van der Waals surface area contributed by atoms with Crippen LogP contribution in [0.2, 0.25) is 0 Å². The van der Waals surface area contributed by atoms with E-state index in [0.29, 0.717) is 22.5 Å². The molecule has 3 aromatic rings. The Bertz CT molecular complexity index is 1330. The van der Waals surface area contributed by atoms with Gasteiger partial charge < -0.3 is 10.6 Å². The second-order valence-corrected chi connectivity index (χ2v) is 10.3. The zero-order valence-electron chi connectivity index (χ0n) is 19.3. The van der Waals surface area contributed by atoms with Crippen molar-refractivity contribution in [3.8, 4) is 0 Å². The van der Waals surface area contributed by atoms with Crippen LogP contribution in [0.1, 0.15) is 28.7 Å². The van der Waals surface area contributed by atoms with Gasteiger partial charge in [0.25, 0.3) is 10.0 Å². The number of benzene rings is 3. The Labute approximate surface area is 199 Å². The van der Waals surface area contributed by atoms with Gasteiger partial charge in [-0.2, -0.15) is 0 Å². The van der Waals surface area contributed by atoms with Crippen LogP contribution in [0.15, 0.2) is 71.6 Å². The highest BCUT2D eigenvalue weighted by Gasteiger charge is 2.42. The summed E-state index contributed by atoms with van der Waals surface area (Å²) in [5, 5.41) is 5.55. The monoisotopic (exact) mass is 477 g/mol. The number of anilines is 2. The van der Waals surface area contributed by atoms with Crippen LogP contribution in [0.25, 0.3) is 0 Å². The van der Waals surface area contributed by atoms with Gasteiger partial charge in [-0.05, 0) is 49.6 Å². The maximum absolute atomic E-state index is 14.0. The van der Waals surface area contributed by atoms with E-state index in [1.807, 2.05) is 37.3 Å². The highest BCUT2D eigenvalue weighted by molar-refractivity contribution is 7.93. The topological polar surface area (TPSA) is 95.6 Å². The smallest absolute Gasteiger partial charge is 0.265 e. The van der Waals surface area contributed by atoms with Gasteiger partial charge in [-0.15, -0.1) is 0 Å². The third-order valence-electron chi connectivity index (χ3n) is 5.82. The first kappa shape index (κ1) is 23.5. The highest BCUT2D eigenvalue weighted by atomic mass is 32.2. The number of carbonyl (C=O) groups excluding carboxylic acids is 2. The molecule has 8 heteroatoms. The molecule has 34 heavy (non-hydrogen) atoms. The molecule has 0 aliphatic carbocycles. The van der Waals surface area contributed by atoms with E-state index < -0.39 is 27.9 Å². The first-order valence-corrected chi connectivity index (χ1v) is 12.5. The van der Waals surface area contributed by atoms with Gasteiger partial charge in [0, 0.05) is 6.54 Å². The molecule has 0 fully saturated rings. The van der Waals surface area contributed by atoms with E-state index in [1.165, 1.54) is 0 Å². The van der Waals surface area contributed by atoms with Crippen molar-refractivity contribution in [3.63, 3.8) is 0 Å². The van der Waals surface area contributed by atoms with Crippen molar-refractivity contribution < 1.29 is 18.0 Å². The van der Waals surface area contributed by atoms with E-state index in [4.69, 9.17) is 0 Å². The first-order valence-electron chi connectivity index (χ1n) is 11.0. The van der Waals surface area contributed by atoms with Crippen molar-refractivity contribution in [2.75, 3.05) is 9.62 Å². The summed E-state index contributed by atoms with van der Waals surface area (Å²) < 4.78 is 29.2. The molecule has 2 N–H and O–H groups in total. The van der Waals surface area contributed by atoms with Crippen molar-refractivity contribution in [3.05, 3.63) is 89.0 Å². The van der Waals surface area contributed by atoms with Crippen LogP contribution in [-0.2, 0) is 26.2 Å². The third kappa shape index (κ3) is 4.54. The van der Waals surface area contributed by atoms with E-state index >= 15 is 0 Å². The lowest BCUT2D eigenvalue weighted by Crippen LogP contribution is -2.53. The second kappa shape index (κ2) is 9.30. The van der Waals surface area contributed by atoms with E-state index in [1.54, 1.807) is 50.2 Å². The summed E-state index contributed by atoms with van der Waals surface area (Å²) in [7, 11) is -4.16. The largest absolute Gasteiger partial charge is 0.352 e. The van der Waals surface area contributed by atoms with Crippen LogP contribution in [-0.4, -0.2) is 26.3 Å². The minimum absolute atomic E-state index is 0.150. The molecule has 0 aromatic heterocycles. The van der Waals surface area contributed by atoms with Crippen molar-refractivity contribution >= 4 is 33.2 Å². The summed E-state index contributed by atoms with van der Waals surface area (Å²) in [6, 6.07) is 18.5. The molecular formula is C26H27N3O4S. The van der Waals surface area contributed by atoms with Crippen LogP contribution in [0.4, 0.5) is 11.4 Å². The molecule has 1 heterocycles. The average Bonchev–Trinajstić information content (AvgIpc) is 2.77. The molecule has 0 radical (unpaired) electrons. The van der Waals surface area contributed by atoms with Crippen molar-refractivity contribution in [1.82, 2.24) is 5.32 Å². The Morgan fingerprint density at radius 1 is 0.971 bits per heavy atom. The lowest BCUT2D eigenvalue weighted by Gasteiger charge is -2.37. The number of para-hydroxylation sites is 2. The Morgan fingerprint density at radius 2 is 1.59 bits per heavy atom. The number of amides is 2. The predicted molar refractivity (Wildman–Crippen MR) is 132 cm³/mol. The van der Waals surface area contributed by atoms with Gasteiger partial charge >= 0.3 is 0 Å². The summed E-state index contributed by atoms with van der Waals surface area (Å²) >= 11 is 0. The van der Waals surface area contributed by atoms with Crippen LogP contribution >= 0.6 is 0 Å². The van der Waals surface area contributed by atoms with Gasteiger partial charge in [-0.25, -0.2) is 8.42 Å². The number of aryl methyl sites for hydroxylation is 3.